The predicted molar refractivity (Wildman–Crippen MR) is 134 cm³/mol. The van der Waals surface area contributed by atoms with Gasteiger partial charge in [-0.15, -0.1) is 0 Å². The summed E-state index contributed by atoms with van der Waals surface area (Å²) in [6, 6.07) is 34.6. The van der Waals surface area contributed by atoms with Gasteiger partial charge >= 0.3 is 0 Å². The largest absolute Gasteiger partial charge is 0.489 e. The molecule has 2 atom stereocenters. The Hall–Kier alpha value is -3.76. The van der Waals surface area contributed by atoms with Gasteiger partial charge in [0.25, 0.3) is 0 Å². The summed E-state index contributed by atoms with van der Waals surface area (Å²) < 4.78 is 12.4. The summed E-state index contributed by atoms with van der Waals surface area (Å²) in [5, 5.41) is 7.85. The highest BCUT2D eigenvalue weighted by molar-refractivity contribution is 6.30. The van der Waals surface area contributed by atoms with Gasteiger partial charge in [0.1, 0.15) is 18.1 Å². The molecule has 0 radical (unpaired) electrons. The van der Waals surface area contributed by atoms with Crippen LogP contribution < -0.4 is 9.47 Å². The third kappa shape index (κ3) is 4.02. The minimum absolute atomic E-state index is 0.144. The summed E-state index contributed by atoms with van der Waals surface area (Å²) in [7, 11) is 0. The molecule has 0 amide bonds. The number of para-hydroxylation sites is 1. The van der Waals surface area contributed by atoms with E-state index in [2.05, 4.69) is 53.5 Å². The van der Waals surface area contributed by atoms with Crippen molar-refractivity contribution in [1.29, 1.82) is 0 Å². The van der Waals surface area contributed by atoms with Crippen LogP contribution in [0.1, 0.15) is 40.9 Å². The monoisotopic (exact) mass is 466 g/mol. The second-order valence-electron chi connectivity index (χ2n) is 8.50. The van der Waals surface area contributed by atoms with Crippen molar-refractivity contribution in [3.63, 3.8) is 0 Å². The fourth-order valence-corrected chi connectivity index (χ4v) is 4.66. The van der Waals surface area contributed by atoms with Crippen LogP contribution in [-0.4, -0.2) is 10.7 Å². The van der Waals surface area contributed by atoms with Gasteiger partial charge in [0.2, 0.25) is 6.23 Å². The smallest absolute Gasteiger partial charge is 0.213 e. The normalized spacial score (nSPS) is 18.5. The molecule has 4 nitrogen and oxygen atoms in total. The van der Waals surface area contributed by atoms with Gasteiger partial charge in [-0.3, -0.25) is 0 Å². The van der Waals surface area contributed by atoms with Crippen molar-refractivity contribution in [2.45, 2.75) is 25.3 Å². The maximum atomic E-state index is 6.46. The molecular formula is C29H23ClN2O2. The maximum Gasteiger partial charge on any atom is 0.213 e. The molecule has 0 saturated heterocycles. The van der Waals surface area contributed by atoms with Crippen molar-refractivity contribution in [2.75, 3.05) is 0 Å². The first kappa shape index (κ1) is 20.8. The van der Waals surface area contributed by atoms with Crippen molar-refractivity contribution >= 4 is 17.3 Å². The van der Waals surface area contributed by atoms with E-state index in [1.54, 1.807) is 0 Å². The average molecular weight is 467 g/mol. The van der Waals surface area contributed by atoms with Crippen LogP contribution in [0.25, 0.3) is 0 Å². The Kier molecular flexibility index (Phi) is 5.44. The van der Waals surface area contributed by atoms with Crippen molar-refractivity contribution in [3.8, 4) is 11.5 Å². The van der Waals surface area contributed by atoms with Crippen LogP contribution >= 0.6 is 11.6 Å². The van der Waals surface area contributed by atoms with Crippen molar-refractivity contribution in [3.05, 3.63) is 130 Å². The van der Waals surface area contributed by atoms with Gasteiger partial charge < -0.3 is 9.47 Å². The number of fused-ring (bicyclic) bond motifs is 3. The van der Waals surface area contributed by atoms with Crippen LogP contribution in [0, 0.1) is 0 Å². The average Bonchev–Trinajstić information content (AvgIpc) is 3.35. The van der Waals surface area contributed by atoms with E-state index in [0.29, 0.717) is 6.61 Å². The van der Waals surface area contributed by atoms with Gasteiger partial charge in [0, 0.05) is 22.6 Å². The Morgan fingerprint density at radius 1 is 0.853 bits per heavy atom. The van der Waals surface area contributed by atoms with Crippen molar-refractivity contribution in [2.24, 2.45) is 5.10 Å². The summed E-state index contributed by atoms with van der Waals surface area (Å²) in [6.45, 7) is 0.489. The second-order valence-corrected chi connectivity index (χ2v) is 8.94. The lowest BCUT2D eigenvalue weighted by Crippen LogP contribution is -2.33. The first-order valence-corrected chi connectivity index (χ1v) is 11.8. The molecule has 2 aliphatic rings. The maximum absolute atomic E-state index is 6.46. The van der Waals surface area contributed by atoms with E-state index >= 15 is 0 Å². The molecule has 168 valence electrons. The predicted octanol–water partition coefficient (Wildman–Crippen LogP) is 7.16. The van der Waals surface area contributed by atoms with Crippen molar-refractivity contribution in [1.82, 2.24) is 5.01 Å². The summed E-state index contributed by atoms with van der Waals surface area (Å²) in [5.41, 5.74) is 5.52. The number of hydrogen-bond donors (Lipinski definition) is 0. The van der Waals surface area contributed by atoms with Crippen LogP contribution in [-0.2, 0) is 6.61 Å². The molecule has 0 bridgehead atoms. The molecule has 0 N–H and O–H groups in total. The van der Waals surface area contributed by atoms with Crippen LogP contribution in [0.5, 0.6) is 11.5 Å². The van der Waals surface area contributed by atoms with Crippen LogP contribution in [0.2, 0.25) is 5.02 Å². The fourth-order valence-electron chi connectivity index (χ4n) is 4.54. The van der Waals surface area contributed by atoms with E-state index in [1.807, 2.05) is 54.6 Å². The lowest BCUT2D eigenvalue weighted by Gasteiger charge is -2.38. The molecule has 0 fully saturated rings. The van der Waals surface area contributed by atoms with E-state index in [-0.39, 0.29) is 12.3 Å². The van der Waals surface area contributed by atoms with Gasteiger partial charge in [-0.1, -0.05) is 72.3 Å². The zero-order valence-corrected chi connectivity index (χ0v) is 19.2. The number of hydrazone groups is 1. The molecule has 4 aromatic carbocycles. The number of nitrogens with zero attached hydrogens (tertiary/aromatic N) is 2. The van der Waals surface area contributed by atoms with E-state index in [4.69, 9.17) is 26.2 Å². The summed E-state index contributed by atoms with van der Waals surface area (Å²) in [6.07, 6.45) is 0.551. The number of rotatable bonds is 5. The number of hydrogen-bond acceptors (Lipinski definition) is 4. The Bertz CT molecular complexity index is 1320. The standard InChI is InChI=1S/C29H23ClN2O2/c30-23-14-10-20(11-15-23)19-33-24-16-12-22(13-17-24)29-32-27(25-8-4-5-9-28(25)34-29)18-26(31-32)21-6-2-1-3-7-21/h1-17,27,29H,18-19H2. The summed E-state index contributed by atoms with van der Waals surface area (Å²) in [4.78, 5) is 0. The zero-order valence-electron chi connectivity index (χ0n) is 18.5. The molecule has 4 aromatic rings. The van der Waals surface area contributed by atoms with E-state index < -0.39 is 0 Å². The molecule has 0 spiro atoms. The van der Waals surface area contributed by atoms with Gasteiger partial charge in [0.15, 0.2) is 0 Å². The Morgan fingerprint density at radius 3 is 2.38 bits per heavy atom. The molecule has 0 aromatic heterocycles. The first-order chi connectivity index (χ1) is 16.7. The van der Waals surface area contributed by atoms with Gasteiger partial charge in [0.05, 0.1) is 11.8 Å². The minimum atomic E-state index is -0.300. The highest BCUT2D eigenvalue weighted by Crippen LogP contribution is 2.47. The Morgan fingerprint density at radius 2 is 1.59 bits per heavy atom. The minimum Gasteiger partial charge on any atom is -0.489 e. The van der Waals surface area contributed by atoms with Gasteiger partial charge in [-0.25, -0.2) is 5.01 Å². The lowest BCUT2D eigenvalue weighted by atomic mass is 9.96. The molecule has 2 unspecified atom stereocenters. The molecule has 0 aliphatic carbocycles. The lowest BCUT2D eigenvalue weighted by molar-refractivity contribution is -0.0190. The summed E-state index contributed by atoms with van der Waals surface area (Å²) in [5.74, 6) is 1.72. The molecular weight excluding hydrogens is 444 g/mol. The topological polar surface area (TPSA) is 34.1 Å². The summed E-state index contributed by atoms with van der Waals surface area (Å²) >= 11 is 5.97. The molecule has 34 heavy (non-hydrogen) atoms. The first-order valence-electron chi connectivity index (χ1n) is 11.4. The van der Waals surface area contributed by atoms with Gasteiger partial charge in [-0.05, 0) is 53.6 Å². The molecule has 2 heterocycles. The molecule has 6 rings (SSSR count). The zero-order chi connectivity index (χ0) is 22.9. The quantitative estimate of drug-likeness (QED) is 0.313. The Balaban J connectivity index is 1.26. The third-order valence-electron chi connectivity index (χ3n) is 6.29. The SMILES string of the molecule is Clc1ccc(COc2ccc(C3Oc4ccccc4C4CC(c5ccccc5)=NN43)cc2)cc1. The molecule has 0 saturated carbocycles. The van der Waals surface area contributed by atoms with E-state index in [9.17, 15) is 0 Å². The highest BCUT2D eigenvalue weighted by Gasteiger charge is 2.40. The number of halogens is 1. The van der Waals surface area contributed by atoms with Crippen LogP contribution in [0.15, 0.2) is 108 Å². The third-order valence-corrected chi connectivity index (χ3v) is 6.54. The van der Waals surface area contributed by atoms with E-state index in [0.717, 1.165) is 45.3 Å². The van der Waals surface area contributed by atoms with Crippen LogP contribution in [0.4, 0.5) is 0 Å². The number of benzene rings is 4. The van der Waals surface area contributed by atoms with Crippen molar-refractivity contribution < 1.29 is 9.47 Å². The van der Waals surface area contributed by atoms with Gasteiger partial charge in [-0.2, -0.15) is 5.10 Å². The number of ether oxygens (including phenoxy) is 2. The second kappa shape index (κ2) is 8.88. The van der Waals surface area contributed by atoms with Crippen LogP contribution in [0.3, 0.4) is 0 Å². The molecule has 5 heteroatoms. The fraction of sp³-hybridized carbons (Fsp3) is 0.138. The highest BCUT2D eigenvalue weighted by atomic mass is 35.5. The molecule has 2 aliphatic heterocycles. The Labute approximate surface area is 204 Å². The van der Waals surface area contributed by atoms with E-state index in [1.165, 1.54) is 5.56 Å².